The molecule has 0 bridgehead atoms. The van der Waals surface area contributed by atoms with Gasteiger partial charge in [0.1, 0.15) is 0 Å². The van der Waals surface area contributed by atoms with Crippen molar-refractivity contribution in [2.45, 2.75) is 6.54 Å². The Balaban J connectivity index is 1.53. The molecule has 0 aliphatic carbocycles. The molecule has 2 aromatic rings. The molecule has 0 atom stereocenters. The zero-order chi connectivity index (χ0) is 19.4. The maximum absolute atomic E-state index is 12.6. The summed E-state index contributed by atoms with van der Waals surface area (Å²) >= 11 is 18.1. The van der Waals surface area contributed by atoms with Crippen molar-refractivity contribution >= 4 is 46.7 Å². The first-order valence-electron chi connectivity index (χ1n) is 8.46. The van der Waals surface area contributed by atoms with Crippen LogP contribution in [0.25, 0.3) is 0 Å². The number of carbonyl (C=O) groups is 2. The first-order chi connectivity index (χ1) is 13.0. The molecule has 142 valence electrons. The maximum atomic E-state index is 12.6. The summed E-state index contributed by atoms with van der Waals surface area (Å²) in [5, 5.41) is 4.11. The van der Waals surface area contributed by atoms with Crippen LogP contribution in [0.15, 0.2) is 42.5 Å². The van der Waals surface area contributed by atoms with E-state index in [0.717, 1.165) is 5.56 Å². The van der Waals surface area contributed by atoms with Crippen molar-refractivity contribution in [3.05, 3.63) is 68.7 Å². The highest BCUT2D eigenvalue weighted by molar-refractivity contribution is 6.43. The standard InChI is InChI=1S/C19H18Cl3N3O2/c20-14-4-1-3-13(11-14)12-23-19(27)25-9-7-24(8-10-25)18(26)15-5-2-6-16(21)17(15)22/h1-6,11H,7-10,12H2,(H,23,27). The summed E-state index contributed by atoms with van der Waals surface area (Å²) in [5.74, 6) is -0.179. The van der Waals surface area contributed by atoms with Gasteiger partial charge in [-0.3, -0.25) is 4.79 Å². The van der Waals surface area contributed by atoms with Gasteiger partial charge in [0.15, 0.2) is 0 Å². The number of nitrogens with one attached hydrogen (secondary N) is 1. The minimum atomic E-state index is -0.179. The highest BCUT2D eigenvalue weighted by atomic mass is 35.5. The van der Waals surface area contributed by atoms with Crippen molar-refractivity contribution in [3.8, 4) is 0 Å². The summed E-state index contributed by atoms with van der Waals surface area (Å²) in [5.41, 5.74) is 1.31. The van der Waals surface area contributed by atoms with Crippen molar-refractivity contribution in [2.75, 3.05) is 26.2 Å². The Hall–Kier alpha value is -1.95. The van der Waals surface area contributed by atoms with Gasteiger partial charge in [0, 0.05) is 37.7 Å². The van der Waals surface area contributed by atoms with E-state index in [1.165, 1.54) is 0 Å². The SMILES string of the molecule is O=C(NCc1cccc(Cl)c1)N1CCN(C(=O)c2cccc(Cl)c2Cl)CC1. The molecule has 27 heavy (non-hydrogen) atoms. The molecule has 0 saturated carbocycles. The van der Waals surface area contributed by atoms with Gasteiger partial charge >= 0.3 is 6.03 Å². The van der Waals surface area contributed by atoms with Crippen molar-refractivity contribution in [1.82, 2.24) is 15.1 Å². The fourth-order valence-electron chi connectivity index (χ4n) is 2.89. The van der Waals surface area contributed by atoms with Gasteiger partial charge in [-0.2, -0.15) is 0 Å². The van der Waals surface area contributed by atoms with Gasteiger partial charge in [-0.05, 0) is 29.8 Å². The first-order valence-corrected chi connectivity index (χ1v) is 9.59. The lowest BCUT2D eigenvalue weighted by Crippen LogP contribution is -2.53. The Morgan fingerprint density at radius 1 is 0.926 bits per heavy atom. The van der Waals surface area contributed by atoms with Crippen LogP contribution in [0.5, 0.6) is 0 Å². The molecular formula is C19H18Cl3N3O2. The van der Waals surface area contributed by atoms with Crippen LogP contribution < -0.4 is 5.32 Å². The molecule has 2 aromatic carbocycles. The minimum Gasteiger partial charge on any atom is -0.335 e. The van der Waals surface area contributed by atoms with Crippen LogP contribution in [0, 0.1) is 0 Å². The van der Waals surface area contributed by atoms with E-state index in [1.807, 2.05) is 18.2 Å². The van der Waals surface area contributed by atoms with Gasteiger partial charge in [-0.25, -0.2) is 4.79 Å². The molecule has 1 heterocycles. The third-order valence-corrected chi connectivity index (χ3v) is 5.42. The van der Waals surface area contributed by atoms with Crippen LogP contribution >= 0.6 is 34.8 Å². The van der Waals surface area contributed by atoms with E-state index in [-0.39, 0.29) is 17.0 Å². The fraction of sp³-hybridized carbons (Fsp3) is 0.263. The van der Waals surface area contributed by atoms with E-state index < -0.39 is 0 Å². The van der Waals surface area contributed by atoms with Crippen LogP contribution in [0.3, 0.4) is 0 Å². The second kappa shape index (κ2) is 8.83. The fourth-order valence-corrected chi connectivity index (χ4v) is 3.48. The number of carbonyl (C=O) groups excluding carboxylic acids is 2. The average Bonchev–Trinajstić information content (AvgIpc) is 2.68. The predicted molar refractivity (Wildman–Crippen MR) is 108 cm³/mol. The molecule has 3 rings (SSSR count). The lowest BCUT2D eigenvalue weighted by molar-refractivity contribution is 0.0665. The lowest BCUT2D eigenvalue weighted by atomic mass is 10.2. The van der Waals surface area contributed by atoms with E-state index in [0.29, 0.717) is 48.3 Å². The minimum absolute atomic E-state index is 0.164. The Morgan fingerprint density at radius 3 is 2.30 bits per heavy atom. The molecular weight excluding hydrogens is 409 g/mol. The number of nitrogens with zero attached hydrogens (tertiary/aromatic N) is 2. The summed E-state index contributed by atoms with van der Waals surface area (Å²) in [6.07, 6.45) is 0. The van der Waals surface area contributed by atoms with Gasteiger partial charge < -0.3 is 15.1 Å². The Bertz CT molecular complexity index is 852. The Labute approximate surface area is 172 Å². The van der Waals surface area contributed by atoms with Crippen LogP contribution in [-0.2, 0) is 6.54 Å². The highest BCUT2D eigenvalue weighted by Gasteiger charge is 2.26. The van der Waals surface area contributed by atoms with Crippen molar-refractivity contribution in [3.63, 3.8) is 0 Å². The normalized spacial score (nSPS) is 14.2. The number of amides is 3. The predicted octanol–water partition coefficient (Wildman–Crippen LogP) is 4.31. The van der Waals surface area contributed by atoms with E-state index >= 15 is 0 Å². The zero-order valence-electron chi connectivity index (χ0n) is 14.4. The lowest BCUT2D eigenvalue weighted by Gasteiger charge is -2.35. The summed E-state index contributed by atoms with van der Waals surface area (Å²) in [6.45, 7) is 2.17. The van der Waals surface area contributed by atoms with Gasteiger partial charge in [-0.15, -0.1) is 0 Å². The topological polar surface area (TPSA) is 52.7 Å². The van der Waals surface area contributed by atoms with Gasteiger partial charge in [0.2, 0.25) is 0 Å². The molecule has 1 aliphatic rings. The van der Waals surface area contributed by atoms with E-state index in [9.17, 15) is 9.59 Å². The van der Waals surface area contributed by atoms with Gasteiger partial charge in [0.25, 0.3) is 5.91 Å². The molecule has 0 unspecified atom stereocenters. The van der Waals surface area contributed by atoms with E-state index in [1.54, 1.807) is 34.1 Å². The second-order valence-corrected chi connectivity index (χ2v) is 7.39. The smallest absolute Gasteiger partial charge is 0.317 e. The van der Waals surface area contributed by atoms with Crippen molar-refractivity contribution in [2.24, 2.45) is 0 Å². The molecule has 1 saturated heterocycles. The van der Waals surface area contributed by atoms with Crippen LogP contribution in [0.2, 0.25) is 15.1 Å². The maximum Gasteiger partial charge on any atom is 0.317 e. The third kappa shape index (κ3) is 4.86. The third-order valence-electron chi connectivity index (χ3n) is 4.37. The summed E-state index contributed by atoms with van der Waals surface area (Å²) in [4.78, 5) is 28.4. The number of piperazine rings is 1. The monoisotopic (exact) mass is 425 g/mol. The molecule has 0 radical (unpaired) electrons. The summed E-state index contributed by atoms with van der Waals surface area (Å²) in [7, 11) is 0. The van der Waals surface area contributed by atoms with Gasteiger partial charge in [-0.1, -0.05) is 53.0 Å². The largest absolute Gasteiger partial charge is 0.335 e. The summed E-state index contributed by atoms with van der Waals surface area (Å²) < 4.78 is 0. The number of hydrogen-bond acceptors (Lipinski definition) is 2. The van der Waals surface area contributed by atoms with Crippen LogP contribution in [0.4, 0.5) is 4.79 Å². The Kier molecular flexibility index (Phi) is 6.47. The molecule has 1 fully saturated rings. The van der Waals surface area contributed by atoms with Crippen LogP contribution in [0.1, 0.15) is 15.9 Å². The second-order valence-electron chi connectivity index (χ2n) is 6.17. The number of benzene rings is 2. The molecule has 3 amide bonds. The molecule has 0 spiro atoms. The Morgan fingerprint density at radius 2 is 1.59 bits per heavy atom. The quantitative estimate of drug-likeness (QED) is 0.795. The molecule has 1 N–H and O–H groups in total. The van der Waals surface area contributed by atoms with Gasteiger partial charge in [0.05, 0.1) is 15.6 Å². The van der Waals surface area contributed by atoms with Crippen molar-refractivity contribution < 1.29 is 9.59 Å². The molecule has 5 nitrogen and oxygen atoms in total. The number of rotatable bonds is 3. The molecule has 8 heteroatoms. The number of hydrogen-bond donors (Lipinski definition) is 1. The average molecular weight is 427 g/mol. The zero-order valence-corrected chi connectivity index (χ0v) is 16.7. The number of urea groups is 1. The van der Waals surface area contributed by atoms with E-state index in [4.69, 9.17) is 34.8 Å². The molecule has 1 aliphatic heterocycles. The molecule has 0 aromatic heterocycles. The summed E-state index contributed by atoms with van der Waals surface area (Å²) in [6, 6.07) is 12.2. The number of halogens is 3. The van der Waals surface area contributed by atoms with E-state index in [2.05, 4.69) is 5.32 Å². The van der Waals surface area contributed by atoms with Crippen LogP contribution in [-0.4, -0.2) is 47.9 Å². The first kappa shape index (κ1) is 19.8. The van der Waals surface area contributed by atoms with Crippen molar-refractivity contribution in [1.29, 1.82) is 0 Å². The highest BCUT2D eigenvalue weighted by Crippen LogP contribution is 2.26.